The number of pyridine rings is 1. The van der Waals surface area contributed by atoms with Gasteiger partial charge in [-0.05, 0) is 6.07 Å². The van der Waals surface area contributed by atoms with Gasteiger partial charge in [0.15, 0.2) is 6.20 Å². The summed E-state index contributed by atoms with van der Waals surface area (Å²) in [6, 6.07) is 5.47. The molecule has 11 heavy (non-hydrogen) atoms. The number of carbonyl (C=O) groups is 1. The molecule has 3 nitrogen and oxygen atoms in total. The standard InChI is InChI=1S/C7H8N2OS/c8-6(10)5-9-4-2-1-3-7(9)11/h1-4H,5H2,(H2,8,10)/p+1. The van der Waals surface area contributed by atoms with Crippen molar-refractivity contribution in [3.05, 3.63) is 24.4 Å². The van der Waals surface area contributed by atoms with Crippen LogP contribution in [0.4, 0.5) is 0 Å². The summed E-state index contributed by atoms with van der Waals surface area (Å²) < 4.78 is 1.67. The predicted molar refractivity (Wildman–Crippen MR) is 43.1 cm³/mol. The summed E-state index contributed by atoms with van der Waals surface area (Å²) in [6.45, 7) is 0.180. The number of aromatic nitrogens is 1. The van der Waals surface area contributed by atoms with E-state index < -0.39 is 0 Å². The zero-order valence-electron chi connectivity index (χ0n) is 5.90. The van der Waals surface area contributed by atoms with Gasteiger partial charge >= 0.3 is 0 Å². The van der Waals surface area contributed by atoms with E-state index in [4.69, 9.17) is 5.73 Å². The van der Waals surface area contributed by atoms with Crippen LogP contribution in [0.1, 0.15) is 0 Å². The van der Waals surface area contributed by atoms with Crippen molar-refractivity contribution >= 4 is 18.5 Å². The SMILES string of the molecule is NC(=O)C[n+]1ccccc1S. The average Bonchev–Trinajstić information content (AvgIpc) is 1.93. The van der Waals surface area contributed by atoms with E-state index in [1.54, 1.807) is 16.8 Å². The molecule has 0 unspecified atom stereocenters. The van der Waals surface area contributed by atoms with Crippen molar-refractivity contribution in [3.8, 4) is 0 Å². The van der Waals surface area contributed by atoms with Gasteiger partial charge in [-0.2, -0.15) is 4.57 Å². The second-order valence-corrected chi connectivity index (χ2v) is 2.61. The van der Waals surface area contributed by atoms with Gasteiger partial charge in [-0.3, -0.25) is 4.79 Å². The van der Waals surface area contributed by atoms with Crippen LogP contribution in [0.5, 0.6) is 0 Å². The maximum absolute atomic E-state index is 10.5. The highest BCUT2D eigenvalue weighted by atomic mass is 32.1. The Morgan fingerprint density at radius 2 is 2.36 bits per heavy atom. The van der Waals surface area contributed by atoms with E-state index in [0.717, 1.165) is 5.03 Å². The van der Waals surface area contributed by atoms with E-state index in [1.807, 2.05) is 12.1 Å². The minimum atomic E-state index is -0.364. The number of thiol groups is 1. The molecular formula is C7H9N2OS+. The van der Waals surface area contributed by atoms with Crippen molar-refractivity contribution in [1.29, 1.82) is 0 Å². The molecule has 0 aliphatic carbocycles. The van der Waals surface area contributed by atoms with Crippen molar-refractivity contribution < 1.29 is 9.36 Å². The van der Waals surface area contributed by atoms with Gasteiger partial charge < -0.3 is 5.73 Å². The Morgan fingerprint density at radius 1 is 1.64 bits per heavy atom. The average molecular weight is 169 g/mol. The molecule has 0 saturated heterocycles. The quantitative estimate of drug-likeness (QED) is 0.465. The molecule has 1 aromatic heterocycles. The normalized spacial score (nSPS) is 9.55. The summed E-state index contributed by atoms with van der Waals surface area (Å²) in [7, 11) is 0. The lowest BCUT2D eigenvalue weighted by Crippen LogP contribution is -2.41. The highest BCUT2D eigenvalue weighted by Crippen LogP contribution is 1.94. The minimum absolute atomic E-state index is 0.180. The molecule has 0 atom stereocenters. The van der Waals surface area contributed by atoms with Crippen LogP contribution in [-0.2, 0) is 11.3 Å². The number of hydrogen-bond acceptors (Lipinski definition) is 2. The Morgan fingerprint density at radius 3 is 2.91 bits per heavy atom. The van der Waals surface area contributed by atoms with Crippen LogP contribution >= 0.6 is 12.6 Å². The molecule has 4 heteroatoms. The second kappa shape index (κ2) is 3.39. The summed E-state index contributed by atoms with van der Waals surface area (Å²) in [6.07, 6.45) is 1.76. The Hall–Kier alpha value is -1.03. The van der Waals surface area contributed by atoms with E-state index >= 15 is 0 Å². The lowest BCUT2D eigenvalue weighted by molar-refractivity contribution is -0.720. The first kappa shape index (κ1) is 8.07. The molecule has 0 spiro atoms. The van der Waals surface area contributed by atoms with Gasteiger partial charge in [0.25, 0.3) is 5.91 Å². The molecule has 1 rings (SSSR count). The van der Waals surface area contributed by atoms with Crippen LogP contribution in [-0.4, -0.2) is 5.91 Å². The van der Waals surface area contributed by atoms with Crippen molar-refractivity contribution in [2.45, 2.75) is 11.6 Å². The van der Waals surface area contributed by atoms with Crippen molar-refractivity contribution in [3.63, 3.8) is 0 Å². The van der Waals surface area contributed by atoms with Crippen LogP contribution in [0.25, 0.3) is 0 Å². The first-order valence-corrected chi connectivity index (χ1v) is 3.60. The molecule has 0 aliphatic rings. The fourth-order valence-electron chi connectivity index (χ4n) is 0.769. The van der Waals surface area contributed by atoms with E-state index in [9.17, 15) is 4.79 Å². The Balaban J connectivity index is 2.86. The fourth-order valence-corrected chi connectivity index (χ4v) is 0.992. The van der Waals surface area contributed by atoms with E-state index in [2.05, 4.69) is 12.6 Å². The van der Waals surface area contributed by atoms with Gasteiger partial charge in [-0.25, -0.2) is 0 Å². The number of rotatable bonds is 2. The van der Waals surface area contributed by atoms with Crippen LogP contribution < -0.4 is 10.3 Å². The van der Waals surface area contributed by atoms with Crippen molar-refractivity contribution in [1.82, 2.24) is 0 Å². The maximum atomic E-state index is 10.5. The summed E-state index contributed by atoms with van der Waals surface area (Å²) in [5.74, 6) is -0.364. The topological polar surface area (TPSA) is 47.0 Å². The lowest BCUT2D eigenvalue weighted by atomic mass is 10.4. The Kier molecular flexibility index (Phi) is 2.48. The third-order valence-corrected chi connectivity index (χ3v) is 1.65. The molecule has 2 N–H and O–H groups in total. The van der Waals surface area contributed by atoms with Gasteiger partial charge in [-0.1, -0.05) is 12.6 Å². The lowest BCUT2D eigenvalue weighted by Gasteiger charge is -1.93. The monoisotopic (exact) mass is 169 g/mol. The van der Waals surface area contributed by atoms with Crippen molar-refractivity contribution in [2.75, 3.05) is 0 Å². The molecule has 0 fully saturated rings. The maximum Gasteiger partial charge on any atom is 0.283 e. The van der Waals surface area contributed by atoms with Crippen LogP contribution in [0.15, 0.2) is 29.4 Å². The molecule has 1 amide bonds. The fraction of sp³-hybridized carbons (Fsp3) is 0.143. The zero-order valence-corrected chi connectivity index (χ0v) is 6.79. The highest BCUT2D eigenvalue weighted by Gasteiger charge is 2.07. The van der Waals surface area contributed by atoms with Gasteiger partial charge in [0.1, 0.15) is 0 Å². The second-order valence-electron chi connectivity index (χ2n) is 2.15. The van der Waals surface area contributed by atoms with Gasteiger partial charge in [-0.15, -0.1) is 0 Å². The van der Waals surface area contributed by atoms with Gasteiger partial charge in [0.2, 0.25) is 11.6 Å². The molecule has 1 heterocycles. The van der Waals surface area contributed by atoms with E-state index in [1.165, 1.54) is 0 Å². The third-order valence-electron chi connectivity index (χ3n) is 1.24. The number of nitrogens with two attached hydrogens (primary N) is 1. The number of carbonyl (C=O) groups excluding carboxylic acids is 1. The van der Waals surface area contributed by atoms with Crippen LogP contribution in [0, 0.1) is 0 Å². The summed E-state index contributed by atoms with van der Waals surface area (Å²) in [5.41, 5.74) is 5.00. The van der Waals surface area contributed by atoms with Crippen LogP contribution in [0.2, 0.25) is 0 Å². The molecule has 0 bridgehead atoms. The molecular weight excluding hydrogens is 160 g/mol. The summed E-state index contributed by atoms with van der Waals surface area (Å²) in [4.78, 5) is 10.5. The first-order valence-electron chi connectivity index (χ1n) is 3.16. The predicted octanol–water partition coefficient (Wildman–Crippen LogP) is -0.252. The largest absolute Gasteiger partial charge is 0.364 e. The molecule has 0 aromatic carbocycles. The zero-order chi connectivity index (χ0) is 8.27. The van der Waals surface area contributed by atoms with Gasteiger partial charge in [0.05, 0.1) is 0 Å². The number of primary amides is 1. The smallest absolute Gasteiger partial charge is 0.283 e. The molecule has 58 valence electrons. The number of amides is 1. The first-order chi connectivity index (χ1) is 5.20. The Bertz CT molecular complexity index is 275. The van der Waals surface area contributed by atoms with Crippen molar-refractivity contribution in [2.24, 2.45) is 5.73 Å². The van der Waals surface area contributed by atoms with Gasteiger partial charge in [0, 0.05) is 12.1 Å². The summed E-state index contributed by atoms with van der Waals surface area (Å²) >= 11 is 4.13. The number of nitrogens with zero attached hydrogens (tertiary/aromatic N) is 1. The van der Waals surface area contributed by atoms with E-state index in [-0.39, 0.29) is 12.5 Å². The molecule has 0 aliphatic heterocycles. The third kappa shape index (κ3) is 2.23. The highest BCUT2D eigenvalue weighted by molar-refractivity contribution is 7.80. The van der Waals surface area contributed by atoms with E-state index in [0.29, 0.717) is 0 Å². The van der Waals surface area contributed by atoms with Crippen LogP contribution in [0.3, 0.4) is 0 Å². The summed E-state index contributed by atoms with van der Waals surface area (Å²) in [5, 5.41) is 0.728. The Labute approximate surface area is 70.2 Å². The molecule has 1 aromatic rings. The molecule has 0 radical (unpaired) electrons. The number of hydrogen-bond donors (Lipinski definition) is 2. The minimum Gasteiger partial charge on any atom is -0.364 e. The molecule has 0 saturated carbocycles.